The van der Waals surface area contributed by atoms with Crippen molar-refractivity contribution in [2.45, 2.75) is 18.8 Å². The third kappa shape index (κ3) is 4.82. The summed E-state index contributed by atoms with van der Waals surface area (Å²) in [5.41, 5.74) is 1.14. The molecule has 1 aromatic heterocycles. The Hall–Kier alpha value is -2.87. The van der Waals surface area contributed by atoms with Gasteiger partial charge >= 0.3 is 0 Å². The Morgan fingerprint density at radius 1 is 1.19 bits per heavy atom. The van der Waals surface area contributed by atoms with E-state index in [0.717, 1.165) is 23.1 Å². The largest absolute Gasteiger partial charge is 0.484 e. The van der Waals surface area contributed by atoms with Gasteiger partial charge < -0.3 is 14.5 Å². The number of nitrogens with one attached hydrogen (secondary N) is 1. The van der Waals surface area contributed by atoms with E-state index in [0.29, 0.717) is 5.89 Å². The fraction of sp³-hybridized carbons (Fsp3) is 0.167. The number of hydrogen-bond donors (Lipinski definition) is 1. The van der Waals surface area contributed by atoms with E-state index in [9.17, 15) is 9.18 Å². The lowest BCUT2D eigenvalue weighted by molar-refractivity contribution is -0.113. The predicted molar refractivity (Wildman–Crippen MR) is 95.6 cm³/mol. The molecule has 0 radical (unpaired) electrons. The minimum absolute atomic E-state index is 0.0224. The average molecular weight is 373 g/mol. The normalized spacial score (nSPS) is 10.5. The molecule has 0 bridgehead atoms. The number of ether oxygens (including phenoxy) is 1. The summed E-state index contributed by atoms with van der Waals surface area (Å²) >= 11 is 1.07. The average Bonchev–Trinajstić information content (AvgIpc) is 3.09. The Bertz CT molecular complexity index is 901. The van der Waals surface area contributed by atoms with Crippen LogP contribution in [0.2, 0.25) is 0 Å². The second-order valence-electron chi connectivity index (χ2n) is 5.33. The number of amides is 1. The Morgan fingerprint density at radius 3 is 2.77 bits per heavy atom. The first-order chi connectivity index (χ1) is 12.6. The highest BCUT2D eigenvalue weighted by molar-refractivity contribution is 7.99. The van der Waals surface area contributed by atoms with Crippen molar-refractivity contribution in [3.05, 3.63) is 65.8 Å². The second-order valence-corrected chi connectivity index (χ2v) is 6.26. The van der Waals surface area contributed by atoms with E-state index in [4.69, 9.17) is 9.15 Å². The highest BCUT2D eigenvalue weighted by atomic mass is 32.2. The topological polar surface area (TPSA) is 77.2 Å². The first-order valence-corrected chi connectivity index (χ1v) is 8.78. The highest BCUT2D eigenvalue weighted by Crippen LogP contribution is 2.20. The van der Waals surface area contributed by atoms with E-state index in [1.54, 1.807) is 12.1 Å². The molecule has 0 aliphatic rings. The molecule has 3 rings (SSSR count). The lowest BCUT2D eigenvalue weighted by Crippen LogP contribution is -2.14. The number of carbonyl (C=O) groups is 1. The molecule has 2 aromatic carbocycles. The second kappa shape index (κ2) is 8.48. The van der Waals surface area contributed by atoms with E-state index in [2.05, 4.69) is 15.5 Å². The molecule has 8 heteroatoms. The van der Waals surface area contributed by atoms with Crippen LogP contribution in [0, 0.1) is 12.7 Å². The van der Waals surface area contributed by atoms with Crippen molar-refractivity contribution >= 4 is 23.4 Å². The highest BCUT2D eigenvalue weighted by Gasteiger charge is 2.12. The van der Waals surface area contributed by atoms with Crippen LogP contribution < -0.4 is 10.1 Å². The van der Waals surface area contributed by atoms with Crippen molar-refractivity contribution in [2.24, 2.45) is 0 Å². The summed E-state index contributed by atoms with van der Waals surface area (Å²) in [6.45, 7) is 2.08. The number of rotatable bonds is 7. The molecule has 1 heterocycles. The molecule has 0 aliphatic heterocycles. The number of benzene rings is 2. The van der Waals surface area contributed by atoms with Gasteiger partial charge in [-0.25, -0.2) is 4.39 Å². The molecule has 26 heavy (non-hydrogen) atoms. The number of anilines is 1. The molecule has 0 saturated carbocycles. The smallest absolute Gasteiger partial charge is 0.277 e. The van der Waals surface area contributed by atoms with Gasteiger partial charge in [-0.15, -0.1) is 10.2 Å². The van der Waals surface area contributed by atoms with Crippen LogP contribution in [0.5, 0.6) is 5.75 Å². The first-order valence-electron chi connectivity index (χ1n) is 7.80. The van der Waals surface area contributed by atoms with Crippen LogP contribution in [0.1, 0.15) is 11.5 Å². The standard InChI is InChI=1S/C18H16FN3O3S/c1-12-6-2-5-9-15(12)24-10-17-21-22-18(25-17)26-11-16(23)20-14-8-4-3-7-13(14)19/h2-9H,10-11H2,1H3,(H,20,23). The van der Waals surface area contributed by atoms with Crippen LogP contribution in [0.4, 0.5) is 10.1 Å². The third-order valence-electron chi connectivity index (χ3n) is 3.37. The number of nitrogens with zero attached hydrogens (tertiary/aromatic N) is 2. The summed E-state index contributed by atoms with van der Waals surface area (Å²) in [6, 6.07) is 13.6. The fourth-order valence-electron chi connectivity index (χ4n) is 2.09. The van der Waals surface area contributed by atoms with E-state index in [-0.39, 0.29) is 29.2 Å². The van der Waals surface area contributed by atoms with Crippen LogP contribution in [0.15, 0.2) is 58.2 Å². The quantitative estimate of drug-likeness (QED) is 0.634. The number of thioether (sulfide) groups is 1. The Morgan fingerprint density at radius 2 is 1.96 bits per heavy atom. The molecule has 0 saturated heterocycles. The van der Waals surface area contributed by atoms with Gasteiger partial charge in [0.2, 0.25) is 5.91 Å². The van der Waals surface area contributed by atoms with Gasteiger partial charge in [0.25, 0.3) is 11.1 Å². The Balaban J connectivity index is 1.48. The summed E-state index contributed by atoms with van der Waals surface area (Å²) in [4.78, 5) is 11.9. The molecule has 0 atom stereocenters. The maximum Gasteiger partial charge on any atom is 0.277 e. The summed E-state index contributed by atoms with van der Waals surface area (Å²) in [5, 5.41) is 10.5. The van der Waals surface area contributed by atoms with Crippen molar-refractivity contribution in [2.75, 3.05) is 11.1 Å². The number of carbonyl (C=O) groups excluding carboxylic acids is 1. The van der Waals surface area contributed by atoms with E-state index >= 15 is 0 Å². The summed E-state index contributed by atoms with van der Waals surface area (Å²) in [5.74, 6) is 0.221. The summed E-state index contributed by atoms with van der Waals surface area (Å²) < 4.78 is 24.6. The molecule has 6 nitrogen and oxygen atoms in total. The van der Waals surface area contributed by atoms with Crippen molar-refractivity contribution in [3.8, 4) is 5.75 Å². The van der Waals surface area contributed by atoms with Gasteiger partial charge in [-0.2, -0.15) is 0 Å². The van der Waals surface area contributed by atoms with Crippen molar-refractivity contribution in [1.29, 1.82) is 0 Å². The minimum atomic E-state index is -0.487. The van der Waals surface area contributed by atoms with Crippen molar-refractivity contribution < 1.29 is 18.3 Å². The molecule has 3 aromatic rings. The summed E-state index contributed by atoms with van der Waals surface area (Å²) in [6.07, 6.45) is 0. The SMILES string of the molecule is Cc1ccccc1OCc1nnc(SCC(=O)Nc2ccccc2F)o1. The zero-order chi connectivity index (χ0) is 18.4. The molecular formula is C18H16FN3O3S. The molecule has 1 N–H and O–H groups in total. The molecule has 0 fully saturated rings. The zero-order valence-electron chi connectivity index (χ0n) is 13.9. The lowest BCUT2D eigenvalue weighted by Gasteiger charge is -2.05. The first kappa shape index (κ1) is 17.9. The zero-order valence-corrected chi connectivity index (χ0v) is 14.8. The minimum Gasteiger partial charge on any atom is -0.484 e. The van der Waals surface area contributed by atoms with Gasteiger partial charge in [-0.05, 0) is 30.7 Å². The van der Waals surface area contributed by atoms with Crippen LogP contribution in [0.3, 0.4) is 0 Å². The Labute approximate surface area is 153 Å². The van der Waals surface area contributed by atoms with Crippen LogP contribution >= 0.6 is 11.8 Å². The van der Waals surface area contributed by atoms with Crippen LogP contribution in [-0.4, -0.2) is 21.9 Å². The lowest BCUT2D eigenvalue weighted by atomic mass is 10.2. The van der Waals surface area contributed by atoms with Gasteiger partial charge in [0.1, 0.15) is 11.6 Å². The Kier molecular flexibility index (Phi) is 5.85. The predicted octanol–water partition coefficient (Wildman–Crippen LogP) is 3.83. The van der Waals surface area contributed by atoms with Gasteiger partial charge in [0.05, 0.1) is 11.4 Å². The molecule has 134 valence electrons. The van der Waals surface area contributed by atoms with Crippen LogP contribution in [0.25, 0.3) is 0 Å². The van der Waals surface area contributed by atoms with Gasteiger partial charge in [0.15, 0.2) is 6.61 Å². The fourth-order valence-corrected chi connectivity index (χ4v) is 2.67. The van der Waals surface area contributed by atoms with Gasteiger partial charge in [-0.1, -0.05) is 42.1 Å². The van der Waals surface area contributed by atoms with Gasteiger partial charge in [-0.3, -0.25) is 4.79 Å². The van der Waals surface area contributed by atoms with Crippen molar-refractivity contribution in [1.82, 2.24) is 10.2 Å². The number of aromatic nitrogens is 2. The number of aryl methyl sites for hydroxylation is 1. The molecule has 0 spiro atoms. The third-order valence-corrected chi connectivity index (χ3v) is 4.19. The maximum atomic E-state index is 13.5. The van der Waals surface area contributed by atoms with E-state index in [1.807, 2.05) is 31.2 Å². The molecule has 0 aliphatic carbocycles. The number of halogens is 1. The maximum absolute atomic E-state index is 13.5. The van der Waals surface area contributed by atoms with Crippen molar-refractivity contribution in [3.63, 3.8) is 0 Å². The number of hydrogen-bond acceptors (Lipinski definition) is 6. The monoisotopic (exact) mass is 373 g/mol. The van der Waals surface area contributed by atoms with E-state index < -0.39 is 5.82 Å². The molecular weight excluding hydrogens is 357 g/mol. The molecule has 1 amide bonds. The summed E-state index contributed by atoms with van der Waals surface area (Å²) in [7, 11) is 0. The van der Waals surface area contributed by atoms with Gasteiger partial charge in [0, 0.05) is 0 Å². The van der Waals surface area contributed by atoms with Crippen LogP contribution in [-0.2, 0) is 11.4 Å². The van der Waals surface area contributed by atoms with E-state index in [1.165, 1.54) is 12.1 Å². The number of para-hydroxylation sites is 2. The molecule has 0 unspecified atom stereocenters.